The molecule has 0 heterocycles. The Morgan fingerprint density at radius 3 is 2.65 bits per heavy atom. The van der Waals surface area contributed by atoms with Crippen LogP contribution in [0.4, 0.5) is 0 Å². The van der Waals surface area contributed by atoms with Gasteiger partial charge in [-0.15, -0.1) is 0 Å². The van der Waals surface area contributed by atoms with Crippen molar-refractivity contribution >= 4 is 5.91 Å². The van der Waals surface area contributed by atoms with E-state index in [1.165, 1.54) is 0 Å². The Morgan fingerprint density at radius 2 is 2.00 bits per heavy atom. The van der Waals surface area contributed by atoms with Crippen molar-refractivity contribution in [3.05, 3.63) is 0 Å². The van der Waals surface area contributed by atoms with Crippen LogP contribution in [0.3, 0.4) is 0 Å². The van der Waals surface area contributed by atoms with E-state index >= 15 is 0 Å². The van der Waals surface area contributed by atoms with E-state index in [2.05, 4.69) is 10.6 Å². The van der Waals surface area contributed by atoms with E-state index in [4.69, 9.17) is 9.47 Å². The van der Waals surface area contributed by atoms with Crippen LogP contribution in [0.2, 0.25) is 0 Å². The molecule has 0 spiro atoms. The fourth-order valence-corrected chi connectivity index (χ4v) is 1.25. The van der Waals surface area contributed by atoms with E-state index in [1.807, 2.05) is 13.8 Å². The fourth-order valence-electron chi connectivity index (χ4n) is 1.25. The number of hydrogen-bond acceptors (Lipinski definition) is 4. The van der Waals surface area contributed by atoms with Crippen molar-refractivity contribution in [3.63, 3.8) is 0 Å². The molecule has 0 bridgehead atoms. The van der Waals surface area contributed by atoms with E-state index in [1.54, 1.807) is 7.11 Å². The number of ether oxygens (including phenoxy) is 2. The first-order valence-corrected chi connectivity index (χ1v) is 6.30. The van der Waals surface area contributed by atoms with Gasteiger partial charge in [0.1, 0.15) is 0 Å². The highest BCUT2D eigenvalue weighted by molar-refractivity contribution is 5.81. The van der Waals surface area contributed by atoms with Gasteiger partial charge in [0.2, 0.25) is 5.91 Å². The molecule has 0 aromatic rings. The number of carbonyl (C=O) groups is 1. The second kappa shape index (κ2) is 11.8. The van der Waals surface area contributed by atoms with Crippen LogP contribution >= 0.6 is 0 Å². The zero-order valence-corrected chi connectivity index (χ0v) is 11.3. The van der Waals surface area contributed by atoms with E-state index in [9.17, 15) is 4.79 Å². The maximum Gasteiger partial charge on any atom is 0.236 e. The summed E-state index contributed by atoms with van der Waals surface area (Å²) in [5, 5.41) is 5.96. The predicted molar refractivity (Wildman–Crippen MR) is 68.1 cm³/mol. The topological polar surface area (TPSA) is 59.6 Å². The lowest BCUT2D eigenvalue weighted by Gasteiger charge is -2.13. The Morgan fingerprint density at radius 1 is 1.24 bits per heavy atom. The first-order valence-electron chi connectivity index (χ1n) is 6.30. The Kier molecular flexibility index (Phi) is 11.4. The largest absolute Gasteiger partial charge is 0.385 e. The summed E-state index contributed by atoms with van der Waals surface area (Å²) in [4.78, 5) is 11.5. The molecule has 0 rings (SSSR count). The quantitative estimate of drug-likeness (QED) is 0.523. The lowest BCUT2D eigenvalue weighted by Crippen LogP contribution is -2.43. The lowest BCUT2D eigenvalue weighted by atomic mass is 10.3. The monoisotopic (exact) mass is 246 g/mol. The zero-order chi connectivity index (χ0) is 12.9. The minimum Gasteiger partial charge on any atom is -0.385 e. The van der Waals surface area contributed by atoms with Crippen LogP contribution in [0, 0.1) is 0 Å². The Balaban J connectivity index is 3.32. The molecule has 102 valence electrons. The molecule has 0 aliphatic carbocycles. The Bertz CT molecular complexity index is 189. The summed E-state index contributed by atoms with van der Waals surface area (Å²) in [6.07, 6.45) is 1.87. The summed E-state index contributed by atoms with van der Waals surface area (Å²) in [6.45, 7) is 7.36. The van der Waals surface area contributed by atoms with Crippen LogP contribution in [-0.4, -0.2) is 52.0 Å². The van der Waals surface area contributed by atoms with Gasteiger partial charge in [0.25, 0.3) is 0 Å². The molecule has 5 heteroatoms. The molecule has 2 N–H and O–H groups in total. The normalized spacial score (nSPS) is 12.4. The molecule has 0 saturated heterocycles. The number of rotatable bonds is 11. The molecule has 0 radical (unpaired) electrons. The molecule has 1 atom stereocenters. The highest BCUT2D eigenvalue weighted by Gasteiger charge is 2.09. The molecular weight excluding hydrogens is 220 g/mol. The predicted octanol–water partition coefficient (Wildman–Crippen LogP) is 0.544. The minimum atomic E-state index is -0.163. The average molecular weight is 246 g/mol. The SMILES string of the molecule is CCCNC(=O)C(C)NCCOCCCOC. The second-order valence-corrected chi connectivity index (χ2v) is 3.93. The zero-order valence-electron chi connectivity index (χ0n) is 11.3. The molecule has 0 saturated carbocycles. The van der Waals surface area contributed by atoms with Crippen molar-refractivity contribution in [2.75, 3.05) is 40.0 Å². The second-order valence-electron chi connectivity index (χ2n) is 3.93. The van der Waals surface area contributed by atoms with Crippen molar-refractivity contribution < 1.29 is 14.3 Å². The summed E-state index contributed by atoms with van der Waals surface area (Å²) in [5.74, 6) is 0.0474. The number of nitrogens with one attached hydrogen (secondary N) is 2. The van der Waals surface area contributed by atoms with E-state index in [0.717, 1.165) is 26.0 Å². The highest BCUT2D eigenvalue weighted by atomic mass is 16.5. The summed E-state index contributed by atoms with van der Waals surface area (Å²) in [6, 6.07) is -0.163. The van der Waals surface area contributed by atoms with Gasteiger partial charge in [-0.05, 0) is 19.8 Å². The average Bonchev–Trinajstić information content (AvgIpc) is 2.34. The van der Waals surface area contributed by atoms with Crippen LogP contribution in [0.15, 0.2) is 0 Å². The molecular formula is C12H26N2O3. The maximum absolute atomic E-state index is 11.5. The lowest BCUT2D eigenvalue weighted by molar-refractivity contribution is -0.122. The summed E-state index contributed by atoms with van der Waals surface area (Å²) in [7, 11) is 1.68. The molecule has 0 fully saturated rings. The van der Waals surface area contributed by atoms with E-state index < -0.39 is 0 Å². The third kappa shape index (κ3) is 10.2. The van der Waals surface area contributed by atoms with E-state index in [-0.39, 0.29) is 11.9 Å². The van der Waals surface area contributed by atoms with Crippen LogP contribution in [0.1, 0.15) is 26.7 Å². The van der Waals surface area contributed by atoms with Gasteiger partial charge in [-0.1, -0.05) is 6.92 Å². The summed E-state index contributed by atoms with van der Waals surface area (Å²) in [5.41, 5.74) is 0. The number of carbonyl (C=O) groups excluding carboxylic acids is 1. The standard InChI is InChI=1S/C12H26N2O3/c1-4-6-14-12(15)11(2)13-7-10-17-9-5-8-16-3/h11,13H,4-10H2,1-3H3,(H,14,15). The van der Waals surface area contributed by atoms with Crippen LogP contribution < -0.4 is 10.6 Å². The van der Waals surface area contributed by atoms with Gasteiger partial charge in [0.05, 0.1) is 12.6 Å². The molecule has 0 aromatic heterocycles. The van der Waals surface area contributed by atoms with Crippen LogP contribution in [-0.2, 0) is 14.3 Å². The maximum atomic E-state index is 11.5. The van der Waals surface area contributed by atoms with Gasteiger partial charge in [-0.25, -0.2) is 0 Å². The first kappa shape index (κ1) is 16.4. The molecule has 0 aliphatic heterocycles. The third-order valence-corrected chi connectivity index (χ3v) is 2.28. The molecule has 0 aromatic carbocycles. The molecule has 0 aliphatic rings. The Hall–Kier alpha value is -0.650. The van der Waals surface area contributed by atoms with Gasteiger partial charge in [-0.3, -0.25) is 4.79 Å². The Labute approximate surface area is 104 Å². The minimum absolute atomic E-state index is 0.0474. The first-order chi connectivity index (χ1) is 8.22. The summed E-state index contributed by atoms with van der Waals surface area (Å²) >= 11 is 0. The summed E-state index contributed by atoms with van der Waals surface area (Å²) < 4.78 is 10.3. The van der Waals surface area contributed by atoms with Crippen molar-refractivity contribution in [1.29, 1.82) is 0 Å². The van der Waals surface area contributed by atoms with Crippen LogP contribution in [0.25, 0.3) is 0 Å². The van der Waals surface area contributed by atoms with Crippen molar-refractivity contribution in [1.82, 2.24) is 10.6 Å². The van der Waals surface area contributed by atoms with Gasteiger partial charge >= 0.3 is 0 Å². The smallest absolute Gasteiger partial charge is 0.236 e. The molecule has 1 amide bonds. The number of amides is 1. The van der Waals surface area contributed by atoms with Crippen molar-refractivity contribution in [3.8, 4) is 0 Å². The molecule has 5 nitrogen and oxygen atoms in total. The van der Waals surface area contributed by atoms with Crippen LogP contribution in [0.5, 0.6) is 0 Å². The molecule has 1 unspecified atom stereocenters. The number of hydrogen-bond donors (Lipinski definition) is 2. The highest BCUT2D eigenvalue weighted by Crippen LogP contribution is 1.85. The van der Waals surface area contributed by atoms with Gasteiger partial charge < -0.3 is 20.1 Å². The fraction of sp³-hybridized carbons (Fsp3) is 0.917. The van der Waals surface area contributed by atoms with Gasteiger partial charge in [0, 0.05) is 33.4 Å². The van der Waals surface area contributed by atoms with Gasteiger partial charge in [-0.2, -0.15) is 0 Å². The molecule has 17 heavy (non-hydrogen) atoms. The third-order valence-electron chi connectivity index (χ3n) is 2.28. The number of methoxy groups -OCH3 is 1. The van der Waals surface area contributed by atoms with Gasteiger partial charge in [0.15, 0.2) is 0 Å². The van der Waals surface area contributed by atoms with Crippen molar-refractivity contribution in [2.45, 2.75) is 32.7 Å². The van der Waals surface area contributed by atoms with Crippen molar-refractivity contribution in [2.24, 2.45) is 0 Å². The van der Waals surface area contributed by atoms with E-state index in [0.29, 0.717) is 19.8 Å².